The zero-order valence-electron chi connectivity index (χ0n) is 12.4. The molecule has 1 saturated carbocycles. The molecule has 1 aromatic heterocycles. The predicted molar refractivity (Wildman–Crippen MR) is 83.7 cm³/mol. The van der Waals surface area contributed by atoms with Crippen LogP contribution >= 0.6 is 0 Å². The monoisotopic (exact) mass is 274 g/mol. The molecule has 0 bridgehead atoms. The van der Waals surface area contributed by atoms with E-state index in [1.807, 2.05) is 12.4 Å². The molecule has 1 aliphatic carbocycles. The van der Waals surface area contributed by atoms with E-state index in [4.69, 9.17) is 10.5 Å². The highest BCUT2D eigenvalue weighted by Crippen LogP contribution is 2.23. The van der Waals surface area contributed by atoms with E-state index < -0.39 is 0 Å². The van der Waals surface area contributed by atoms with Gasteiger partial charge in [-0.2, -0.15) is 0 Å². The third-order valence-corrected chi connectivity index (χ3v) is 3.86. The summed E-state index contributed by atoms with van der Waals surface area (Å²) < 4.78 is 6.02. The van der Waals surface area contributed by atoms with Crippen molar-refractivity contribution in [1.29, 1.82) is 0 Å². The topological polar surface area (TPSA) is 48.1 Å². The van der Waals surface area contributed by atoms with Gasteiger partial charge < -0.3 is 10.5 Å². The van der Waals surface area contributed by atoms with Crippen molar-refractivity contribution in [2.75, 3.05) is 0 Å². The number of pyridine rings is 1. The van der Waals surface area contributed by atoms with Crippen LogP contribution in [0.15, 0.2) is 24.5 Å². The molecule has 20 heavy (non-hydrogen) atoms. The minimum absolute atomic E-state index is 0.251. The molecule has 2 N–H and O–H groups in total. The predicted octanol–water partition coefficient (Wildman–Crippen LogP) is 3.93. The molecule has 0 amide bonds. The summed E-state index contributed by atoms with van der Waals surface area (Å²) in [6.45, 7) is 2.11. The second-order valence-electron chi connectivity index (χ2n) is 5.64. The van der Waals surface area contributed by atoms with Crippen molar-refractivity contribution < 1.29 is 4.74 Å². The summed E-state index contributed by atoms with van der Waals surface area (Å²) >= 11 is 0. The average molecular weight is 274 g/mol. The van der Waals surface area contributed by atoms with Gasteiger partial charge in [0.2, 0.25) is 0 Å². The summed E-state index contributed by atoms with van der Waals surface area (Å²) in [7, 11) is 0. The first-order valence-corrected chi connectivity index (χ1v) is 7.81. The number of rotatable bonds is 6. The van der Waals surface area contributed by atoms with Gasteiger partial charge in [0.25, 0.3) is 0 Å². The smallest absolute Gasteiger partial charge is 0.138 e. The third kappa shape index (κ3) is 4.97. The lowest BCUT2D eigenvalue weighted by Crippen LogP contribution is -2.19. The molecule has 1 unspecified atom stereocenters. The highest BCUT2D eigenvalue weighted by Gasteiger charge is 2.14. The van der Waals surface area contributed by atoms with E-state index >= 15 is 0 Å². The van der Waals surface area contributed by atoms with Gasteiger partial charge in [-0.05, 0) is 50.2 Å². The Morgan fingerprint density at radius 1 is 1.35 bits per heavy atom. The Morgan fingerprint density at radius 3 is 2.90 bits per heavy atom. The van der Waals surface area contributed by atoms with Crippen molar-refractivity contribution in [3.63, 3.8) is 0 Å². The van der Waals surface area contributed by atoms with Crippen molar-refractivity contribution in [2.24, 2.45) is 5.73 Å². The maximum Gasteiger partial charge on any atom is 0.138 e. The van der Waals surface area contributed by atoms with Crippen LogP contribution in [0.3, 0.4) is 0 Å². The fourth-order valence-electron chi connectivity index (χ4n) is 2.51. The number of hydrogen-bond donors (Lipinski definition) is 1. The maximum absolute atomic E-state index is 6.02. The van der Waals surface area contributed by atoms with Gasteiger partial charge in [-0.3, -0.25) is 4.98 Å². The van der Waals surface area contributed by atoms with Crippen LogP contribution in [0.1, 0.15) is 57.4 Å². The standard InChI is InChI=1S/C17H26N2O/c1-2-15(18)8-6-7-14-11-17(13-19-12-14)20-16-9-4-3-5-10-16/h6-7,11-13,15-16H,2-5,8-10,18H2,1H3. The van der Waals surface area contributed by atoms with Crippen molar-refractivity contribution in [3.8, 4) is 5.75 Å². The van der Waals surface area contributed by atoms with E-state index in [-0.39, 0.29) is 6.04 Å². The number of aromatic nitrogens is 1. The summed E-state index contributed by atoms with van der Waals surface area (Å²) in [6.07, 6.45) is 16.4. The molecule has 3 heteroatoms. The van der Waals surface area contributed by atoms with E-state index in [0.29, 0.717) is 6.10 Å². The molecule has 2 rings (SSSR count). The lowest BCUT2D eigenvalue weighted by atomic mass is 9.98. The fourth-order valence-corrected chi connectivity index (χ4v) is 2.51. The Labute approximate surface area is 122 Å². The molecule has 1 heterocycles. The summed E-state index contributed by atoms with van der Waals surface area (Å²) in [6, 6.07) is 2.32. The van der Waals surface area contributed by atoms with E-state index in [1.54, 1.807) is 0 Å². The molecule has 0 saturated heterocycles. The SMILES string of the molecule is CCC(N)CC=Cc1cncc(OC2CCCCC2)c1. The lowest BCUT2D eigenvalue weighted by molar-refractivity contribution is 0.154. The number of ether oxygens (including phenoxy) is 1. The highest BCUT2D eigenvalue weighted by molar-refractivity contribution is 5.49. The summed E-state index contributed by atoms with van der Waals surface area (Å²) in [5.41, 5.74) is 6.98. The average Bonchev–Trinajstić information content (AvgIpc) is 2.48. The first-order chi connectivity index (χ1) is 9.78. The van der Waals surface area contributed by atoms with Crippen LogP contribution in [0.4, 0.5) is 0 Å². The Kier molecular flexibility index (Phi) is 6.06. The molecule has 0 radical (unpaired) electrons. The second kappa shape index (κ2) is 8.05. The van der Waals surface area contributed by atoms with Gasteiger partial charge in [-0.15, -0.1) is 0 Å². The van der Waals surface area contributed by atoms with Gasteiger partial charge >= 0.3 is 0 Å². The van der Waals surface area contributed by atoms with Crippen LogP contribution in [0, 0.1) is 0 Å². The highest BCUT2D eigenvalue weighted by atomic mass is 16.5. The van der Waals surface area contributed by atoms with Crippen molar-refractivity contribution in [2.45, 2.75) is 64.0 Å². The van der Waals surface area contributed by atoms with E-state index in [0.717, 1.165) is 24.2 Å². The Bertz CT molecular complexity index is 425. The van der Waals surface area contributed by atoms with Crippen molar-refractivity contribution >= 4 is 6.08 Å². The number of nitrogens with two attached hydrogens (primary N) is 1. The first kappa shape index (κ1) is 15.0. The summed E-state index contributed by atoms with van der Waals surface area (Å²) in [4.78, 5) is 4.26. The molecule has 1 fully saturated rings. The van der Waals surface area contributed by atoms with Crippen molar-refractivity contribution in [3.05, 3.63) is 30.1 Å². The number of hydrogen-bond acceptors (Lipinski definition) is 3. The van der Waals surface area contributed by atoms with E-state index in [1.165, 1.54) is 32.1 Å². The van der Waals surface area contributed by atoms with Crippen LogP contribution in [0.5, 0.6) is 5.75 Å². The minimum Gasteiger partial charge on any atom is -0.489 e. The van der Waals surface area contributed by atoms with Crippen LogP contribution in [-0.4, -0.2) is 17.1 Å². The first-order valence-electron chi connectivity index (χ1n) is 7.81. The van der Waals surface area contributed by atoms with Crippen LogP contribution < -0.4 is 10.5 Å². The molecule has 1 aliphatic rings. The molecule has 0 aromatic carbocycles. The number of nitrogens with zero attached hydrogens (tertiary/aromatic N) is 1. The van der Waals surface area contributed by atoms with Gasteiger partial charge in [0.15, 0.2) is 0 Å². The van der Waals surface area contributed by atoms with Gasteiger partial charge in [0.1, 0.15) is 5.75 Å². The van der Waals surface area contributed by atoms with Crippen LogP contribution in [0.25, 0.3) is 6.08 Å². The molecule has 1 atom stereocenters. The largest absolute Gasteiger partial charge is 0.489 e. The third-order valence-electron chi connectivity index (χ3n) is 3.86. The zero-order chi connectivity index (χ0) is 14.2. The quantitative estimate of drug-likeness (QED) is 0.855. The molecule has 0 aliphatic heterocycles. The molecular formula is C17H26N2O. The second-order valence-corrected chi connectivity index (χ2v) is 5.64. The van der Waals surface area contributed by atoms with Gasteiger partial charge in [-0.25, -0.2) is 0 Å². The van der Waals surface area contributed by atoms with Crippen molar-refractivity contribution in [1.82, 2.24) is 4.98 Å². The van der Waals surface area contributed by atoms with Crippen LogP contribution in [-0.2, 0) is 0 Å². The molecule has 0 spiro atoms. The normalized spacial score (nSPS) is 18.3. The molecule has 110 valence electrons. The summed E-state index contributed by atoms with van der Waals surface area (Å²) in [5.74, 6) is 0.888. The van der Waals surface area contributed by atoms with Gasteiger partial charge in [0, 0.05) is 12.2 Å². The Hall–Kier alpha value is -1.35. The molecule has 3 nitrogen and oxygen atoms in total. The van der Waals surface area contributed by atoms with E-state index in [2.05, 4.69) is 30.1 Å². The van der Waals surface area contributed by atoms with Gasteiger partial charge in [-0.1, -0.05) is 25.5 Å². The Morgan fingerprint density at radius 2 is 2.15 bits per heavy atom. The Balaban J connectivity index is 1.89. The zero-order valence-corrected chi connectivity index (χ0v) is 12.4. The molecule has 1 aromatic rings. The van der Waals surface area contributed by atoms with Gasteiger partial charge in [0.05, 0.1) is 12.3 Å². The lowest BCUT2D eigenvalue weighted by Gasteiger charge is -2.22. The van der Waals surface area contributed by atoms with E-state index in [9.17, 15) is 0 Å². The molecular weight excluding hydrogens is 248 g/mol. The minimum atomic E-state index is 0.251. The van der Waals surface area contributed by atoms with Crippen LogP contribution in [0.2, 0.25) is 0 Å². The summed E-state index contributed by atoms with van der Waals surface area (Å²) in [5, 5.41) is 0. The fraction of sp³-hybridized carbons (Fsp3) is 0.588. The maximum atomic E-state index is 6.02.